The van der Waals surface area contributed by atoms with Crippen molar-refractivity contribution < 1.29 is 43.5 Å². The molecule has 320 valence electrons. The van der Waals surface area contributed by atoms with Gasteiger partial charge in [-0.15, -0.1) is 0 Å². The number of imidazole rings is 1. The van der Waals surface area contributed by atoms with Gasteiger partial charge < -0.3 is 29.2 Å². The van der Waals surface area contributed by atoms with Gasteiger partial charge in [-0.2, -0.15) is 4.98 Å². The molecular formula is C46H46N6O10. The van der Waals surface area contributed by atoms with Gasteiger partial charge in [0, 0.05) is 19.1 Å². The van der Waals surface area contributed by atoms with E-state index in [0.717, 1.165) is 4.90 Å². The number of rotatable bonds is 15. The second-order valence-electron chi connectivity index (χ2n) is 15.4. The van der Waals surface area contributed by atoms with E-state index in [2.05, 4.69) is 20.3 Å². The summed E-state index contributed by atoms with van der Waals surface area (Å²) in [7, 11) is 3.12. The number of amides is 3. The van der Waals surface area contributed by atoms with E-state index in [1.807, 2.05) is 54.6 Å². The van der Waals surface area contributed by atoms with Gasteiger partial charge in [-0.1, -0.05) is 80.6 Å². The quantitative estimate of drug-likeness (QED) is 0.0643. The summed E-state index contributed by atoms with van der Waals surface area (Å²) >= 11 is 0. The number of imide groups is 1. The first-order valence-electron chi connectivity index (χ1n) is 20.2. The number of nitrogens with one attached hydrogen (secondary N) is 2. The molecule has 4 N–H and O–H groups in total. The summed E-state index contributed by atoms with van der Waals surface area (Å²) in [5, 5.41) is 28.3. The van der Waals surface area contributed by atoms with Crippen LogP contribution in [0.3, 0.4) is 0 Å². The minimum atomic E-state index is -1.54. The van der Waals surface area contributed by atoms with Crippen LogP contribution in [0.25, 0.3) is 11.2 Å². The third-order valence-corrected chi connectivity index (χ3v) is 11.5. The topological polar surface area (TPSA) is 207 Å². The molecular weight excluding hydrogens is 797 g/mol. The van der Waals surface area contributed by atoms with Crippen LogP contribution in [0.1, 0.15) is 63.9 Å². The third-order valence-electron chi connectivity index (χ3n) is 11.5. The number of aliphatic hydroxyl groups is 2. The molecule has 0 radical (unpaired) electrons. The molecule has 3 amide bonds. The number of hydrogen-bond donors (Lipinski definition) is 4. The Bertz CT molecular complexity index is 2570. The molecule has 0 saturated carbocycles. The second kappa shape index (κ2) is 17.3. The van der Waals surface area contributed by atoms with Crippen molar-refractivity contribution in [3.05, 3.63) is 148 Å². The lowest BCUT2D eigenvalue weighted by Gasteiger charge is -2.43. The minimum absolute atomic E-state index is 0.0133. The van der Waals surface area contributed by atoms with E-state index >= 15 is 0 Å². The molecule has 4 aromatic carbocycles. The number of carbonyl (C=O) groups excluding carboxylic acids is 3. The Kier molecular flexibility index (Phi) is 11.7. The minimum Gasteiger partial charge on any atom is -0.497 e. The Morgan fingerprint density at radius 2 is 1.42 bits per heavy atom. The summed E-state index contributed by atoms with van der Waals surface area (Å²) in [5.41, 5.74) is 0.507. The van der Waals surface area contributed by atoms with Crippen molar-refractivity contribution in [2.45, 2.75) is 56.3 Å². The normalized spacial score (nSPS) is 19.2. The standard InChI is InChI=1S/C46H46N6O10/c1-26(2)40(55)49-45-48-39-34(41(56)50-45)47-25-52(39)44-37(61-24-10-23-51-42(57)32-13-8-9-14-33(32)43(51)58)35(53)36(62-44)38(54)46(27-11-6-5-7-12-27,28-15-19-30(59-3)20-16-28)29-17-21-31(60-4)22-18-29/h5-9,11-22,25-26,35-38,44,53-54H,10,23-24H2,1-4H3,(H2,48,49,50,55,56)/t35-,36+,37-,38?,44-/m1/s1. The van der Waals surface area contributed by atoms with Crippen molar-refractivity contribution in [2.75, 3.05) is 32.7 Å². The molecule has 8 rings (SSSR count). The molecule has 2 aromatic heterocycles. The van der Waals surface area contributed by atoms with Gasteiger partial charge >= 0.3 is 0 Å². The number of hydrogen-bond acceptors (Lipinski definition) is 12. The monoisotopic (exact) mass is 842 g/mol. The number of methoxy groups -OCH3 is 2. The zero-order valence-electron chi connectivity index (χ0n) is 34.4. The lowest BCUT2D eigenvalue weighted by molar-refractivity contribution is -0.118. The molecule has 5 atom stereocenters. The predicted molar refractivity (Wildman–Crippen MR) is 226 cm³/mol. The highest BCUT2D eigenvalue weighted by molar-refractivity contribution is 6.21. The molecule has 1 fully saturated rings. The molecule has 2 aliphatic rings. The molecule has 0 aliphatic carbocycles. The van der Waals surface area contributed by atoms with Gasteiger partial charge in [0.1, 0.15) is 35.9 Å². The van der Waals surface area contributed by atoms with E-state index in [4.69, 9.17) is 18.9 Å². The van der Waals surface area contributed by atoms with Gasteiger partial charge in [0.05, 0.1) is 37.1 Å². The smallest absolute Gasteiger partial charge is 0.280 e. The number of anilines is 1. The predicted octanol–water partition coefficient (Wildman–Crippen LogP) is 4.46. The van der Waals surface area contributed by atoms with Crippen molar-refractivity contribution >= 4 is 34.8 Å². The van der Waals surface area contributed by atoms with Crippen LogP contribution in [0, 0.1) is 5.92 Å². The van der Waals surface area contributed by atoms with E-state index in [-0.39, 0.29) is 42.6 Å². The molecule has 16 nitrogen and oxygen atoms in total. The fourth-order valence-corrected chi connectivity index (χ4v) is 8.32. The summed E-state index contributed by atoms with van der Waals surface area (Å²) in [6, 6.07) is 30.5. The number of carbonyl (C=O) groups is 3. The first-order chi connectivity index (χ1) is 30.0. The van der Waals surface area contributed by atoms with Crippen LogP contribution >= 0.6 is 0 Å². The maximum Gasteiger partial charge on any atom is 0.280 e. The van der Waals surface area contributed by atoms with Gasteiger partial charge in [-0.25, -0.2) is 4.98 Å². The Morgan fingerprint density at radius 1 is 0.855 bits per heavy atom. The average molecular weight is 843 g/mol. The van der Waals surface area contributed by atoms with Crippen molar-refractivity contribution in [3.8, 4) is 11.5 Å². The second-order valence-corrected chi connectivity index (χ2v) is 15.4. The number of aromatic amines is 1. The van der Waals surface area contributed by atoms with Crippen LogP contribution in [-0.4, -0.2) is 104 Å². The van der Waals surface area contributed by atoms with Crippen molar-refractivity contribution in [2.24, 2.45) is 5.92 Å². The summed E-state index contributed by atoms with van der Waals surface area (Å²) in [6.07, 6.45) is -5.43. The van der Waals surface area contributed by atoms with Crippen LogP contribution in [-0.2, 0) is 19.7 Å². The SMILES string of the molecule is COc1ccc(C(c2ccccc2)(c2ccc(OC)cc2)C(O)[C@H]2O[C@@H](n3cnc4c(=O)[nH]c(NC(=O)C(C)C)nc43)[C@H](OCCCN3C(=O)c4ccccc4C3=O)[C@@H]2O)cc1. The maximum absolute atomic E-state index is 13.3. The average Bonchev–Trinajstić information content (AvgIpc) is 3.94. The Balaban J connectivity index is 1.20. The van der Waals surface area contributed by atoms with Gasteiger partial charge in [0.25, 0.3) is 17.4 Å². The summed E-state index contributed by atoms with van der Waals surface area (Å²) in [6.45, 7) is 3.36. The fraction of sp³-hybridized carbons (Fsp3) is 0.304. The Morgan fingerprint density at radius 3 is 1.98 bits per heavy atom. The van der Waals surface area contributed by atoms with Crippen molar-refractivity contribution in [1.82, 2.24) is 24.4 Å². The number of fused-ring (bicyclic) bond motifs is 2. The van der Waals surface area contributed by atoms with Gasteiger partial charge in [0.15, 0.2) is 17.4 Å². The number of nitrogens with zero attached hydrogens (tertiary/aromatic N) is 4. The Hall–Kier alpha value is -6.72. The molecule has 4 heterocycles. The fourth-order valence-electron chi connectivity index (χ4n) is 8.32. The van der Waals surface area contributed by atoms with E-state index in [1.54, 1.807) is 76.6 Å². The number of benzene rings is 4. The third kappa shape index (κ3) is 7.40. The number of H-pyrrole nitrogens is 1. The summed E-state index contributed by atoms with van der Waals surface area (Å²) < 4.78 is 25.6. The zero-order chi connectivity index (χ0) is 43.7. The summed E-state index contributed by atoms with van der Waals surface area (Å²) in [5.74, 6) is -0.577. The van der Waals surface area contributed by atoms with E-state index in [9.17, 15) is 29.4 Å². The van der Waals surface area contributed by atoms with Gasteiger partial charge in [-0.3, -0.25) is 38.9 Å². The first kappa shape index (κ1) is 42.0. The van der Waals surface area contributed by atoms with Crippen LogP contribution in [0.15, 0.2) is 114 Å². The highest BCUT2D eigenvalue weighted by Crippen LogP contribution is 2.48. The largest absolute Gasteiger partial charge is 0.497 e. The number of aliphatic hydroxyl groups excluding tert-OH is 2. The van der Waals surface area contributed by atoms with E-state index < -0.39 is 59.4 Å². The molecule has 0 spiro atoms. The van der Waals surface area contributed by atoms with Crippen LogP contribution in [0.5, 0.6) is 11.5 Å². The molecule has 6 aromatic rings. The lowest BCUT2D eigenvalue weighted by atomic mass is 9.64. The van der Waals surface area contributed by atoms with E-state index in [0.29, 0.717) is 39.3 Å². The highest BCUT2D eigenvalue weighted by Gasteiger charge is 2.56. The molecule has 0 bridgehead atoms. The summed E-state index contributed by atoms with van der Waals surface area (Å²) in [4.78, 5) is 64.8. The molecule has 2 aliphatic heterocycles. The van der Waals surface area contributed by atoms with Crippen molar-refractivity contribution in [1.29, 1.82) is 0 Å². The van der Waals surface area contributed by atoms with E-state index in [1.165, 1.54) is 10.9 Å². The van der Waals surface area contributed by atoms with Crippen LogP contribution in [0.4, 0.5) is 5.95 Å². The first-order valence-corrected chi connectivity index (χ1v) is 20.2. The van der Waals surface area contributed by atoms with Crippen LogP contribution in [0.2, 0.25) is 0 Å². The maximum atomic E-state index is 13.3. The van der Waals surface area contributed by atoms with Gasteiger partial charge in [0.2, 0.25) is 11.9 Å². The highest BCUT2D eigenvalue weighted by atomic mass is 16.6. The number of aromatic nitrogens is 4. The lowest BCUT2D eigenvalue weighted by Crippen LogP contribution is -2.52. The Labute approximate surface area is 356 Å². The molecule has 62 heavy (non-hydrogen) atoms. The number of ether oxygens (including phenoxy) is 4. The molecule has 1 saturated heterocycles. The molecule has 16 heteroatoms. The van der Waals surface area contributed by atoms with Crippen molar-refractivity contribution in [3.63, 3.8) is 0 Å². The zero-order valence-corrected chi connectivity index (χ0v) is 34.4. The van der Waals surface area contributed by atoms with Gasteiger partial charge in [-0.05, 0) is 59.5 Å². The molecule has 1 unspecified atom stereocenters. The van der Waals surface area contributed by atoms with Crippen LogP contribution < -0.4 is 20.3 Å².